The topological polar surface area (TPSA) is 64.7 Å². The standard InChI is InChI=1S/C19H19Cl2N5O/c1-12-19(23-18(27)7-4-14-9-22-25(3)10-14)13(2)26(24-12)11-15-5-6-16(20)8-17(15)21/h4-10H,11H2,1-3H3,(H,23,27). The van der Waals surface area contributed by atoms with Crippen molar-refractivity contribution in [3.8, 4) is 0 Å². The Morgan fingerprint density at radius 1 is 1.30 bits per heavy atom. The van der Waals surface area contributed by atoms with Crippen LogP contribution < -0.4 is 5.32 Å². The highest BCUT2D eigenvalue weighted by atomic mass is 35.5. The Bertz CT molecular complexity index is 1020. The van der Waals surface area contributed by atoms with E-state index in [1.165, 1.54) is 6.08 Å². The number of carbonyl (C=O) groups excluding carboxylic acids is 1. The van der Waals surface area contributed by atoms with E-state index in [-0.39, 0.29) is 5.91 Å². The van der Waals surface area contributed by atoms with Gasteiger partial charge in [-0.1, -0.05) is 29.3 Å². The Kier molecular flexibility index (Phi) is 5.68. The van der Waals surface area contributed by atoms with Crippen molar-refractivity contribution in [2.75, 3.05) is 5.32 Å². The van der Waals surface area contributed by atoms with Crippen LogP contribution in [0.1, 0.15) is 22.5 Å². The second-order valence-corrected chi connectivity index (χ2v) is 7.05. The summed E-state index contributed by atoms with van der Waals surface area (Å²) in [5, 5.41) is 12.6. The van der Waals surface area contributed by atoms with Crippen LogP contribution in [0.5, 0.6) is 0 Å². The molecule has 27 heavy (non-hydrogen) atoms. The fourth-order valence-corrected chi connectivity index (χ4v) is 3.17. The average molecular weight is 404 g/mol. The van der Waals surface area contributed by atoms with E-state index in [1.54, 1.807) is 29.1 Å². The van der Waals surface area contributed by atoms with E-state index in [2.05, 4.69) is 15.5 Å². The van der Waals surface area contributed by atoms with Crippen LogP contribution in [0.25, 0.3) is 6.08 Å². The summed E-state index contributed by atoms with van der Waals surface area (Å²) in [4.78, 5) is 12.3. The minimum atomic E-state index is -0.228. The first kappa shape index (κ1) is 19.2. The summed E-state index contributed by atoms with van der Waals surface area (Å²) in [5.41, 5.74) is 4.04. The number of amides is 1. The van der Waals surface area contributed by atoms with Crippen LogP contribution in [0, 0.1) is 13.8 Å². The van der Waals surface area contributed by atoms with E-state index in [0.29, 0.717) is 22.3 Å². The van der Waals surface area contributed by atoms with Crippen molar-refractivity contribution in [2.45, 2.75) is 20.4 Å². The highest BCUT2D eigenvalue weighted by Crippen LogP contribution is 2.25. The van der Waals surface area contributed by atoms with E-state index < -0.39 is 0 Å². The largest absolute Gasteiger partial charge is 0.319 e. The molecule has 1 aromatic carbocycles. The number of halogens is 2. The number of anilines is 1. The first-order valence-corrected chi connectivity index (χ1v) is 9.04. The predicted molar refractivity (Wildman–Crippen MR) is 108 cm³/mol. The van der Waals surface area contributed by atoms with E-state index in [1.807, 2.05) is 37.8 Å². The van der Waals surface area contributed by atoms with Gasteiger partial charge in [0.05, 0.1) is 29.8 Å². The Labute approximate surface area is 167 Å². The highest BCUT2D eigenvalue weighted by Gasteiger charge is 2.14. The van der Waals surface area contributed by atoms with Gasteiger partial charge in [0.15, 0.2) is 0 Å². The zero-order valence-electron chi connectivity index (χ0n) is 15.2. The van der Waals surface area contributed by atoms with Gasteiger partial charge in [0.25, 0.3) is 0 Å². The Balaban J connectivity index is 1.75. The maximum Gasteiger partial charge on any atom is 0.248 e. The van der Waals surface area contributed by atoms with Gasteiger partial charge in [0, 0.05) is 34.9 Å². The van der Waals surface area contributed by atoms with Gasteiger partial charge < -0.3 is 5.32 Å². The summed E-state index contributed by atoms with van der Waals surface area (Å²) in [5.74, 6) is -0.228. The molecule has 0 saturated heterocycles. The second-order valence-electron chi connectivity index (χ2n) is 6.21. The molecule has 0 unspecified atom stereocenters. The first-order valence-electron chi connectivity index (χ1n) is 8.29. The molecule has 0 spiro atoms. The van der Waals surface area contributed by atoms with Crippen molar-refractivity contribution in [1.29, 1.82) is 0 Å². The van der Waals surface area contributed by atoms with Gasteiger partial charge in [-0.3, -0.25) is 14.2 Å². The van der Waals surface area contributed by atoms with E-state index in [4.69, 9.17) is 23.2 Å². The summed E-state index contributed by atoms with van der Waals surface area (Å²) in [6.45, 7) is 4.25. The molecule has 0 aliphatic rings. The number of nitrogens with zero attached hydrogens (tertiary/aromatic N) is 4. The lowest BCUT2D eigenvalue weighted by Crippen LogP contribution is -2.10. The van der Waals surface area contributed by atoms with Crippen molar-refractivity contribution >= 4 is 40.9 Å². The normalized spacial score (nSPS) is 11.3. The van der Waals surface area contributed by atoms with Crippen LogP contribution in [0.2, 0.25) is 10.0 Å². The van der Waals surface area contributed by atoms with Crippen molar-refractivity contribution in [3.63, 3.8) is 0 Å². The molecule has 6 nitrogen and oxygen atoms in total. The number of benzene rings is 1. The molecule has 0 fully saturated rings. The fraction of sp³-hybridized carbons (Fsp3) is 0.211. The second kappa shape index (κ2) is 7.98. The molecule has 0 radical (unpaired) electrons. The van der Waals surface area contributed by atoms with Crippen molar-refractivity contribution in [1.82, 2.24) is 19.6 Å². The lowest BCUT2D eigenvalue weighted by atomic mass is 10.2. The maximum absolute atomic E-state index is 12.3. The molecule has 2 heterocycles. The van der Waals surface area contributed by atoms with Gasteiger partial charge in [0.1, 0.15) is 0 Å². The smallest absolute Gasteiger partial charge is 0.248 e. The average Bonchev–Trinajstić information content (AvgIpc) is 3.14. The predicted octanol–water partition coefficient (Wildman–Crippen LogP) is 4.24. The first-order chi connectivity index (χ1) is 12.8. The summed E-state index contributed by atoms with van der Waals surface area (Å²) in [6, 6.07) is 5.37. The van der Waals surface area contributed by atoms with Gasteiger partial charge in [-0.15, -0.1) is 0 Å². The summed E-state index contributed by atoms with van der Waals surface area (Å²) in [6.07, 6.45) is 6.70. The molecule has 140 valence electrons. The zero-order valence-corrected chi connectivity index (χ0v) is 16.7. The Morgan fingerprint density at radius 3 is 2.74 bits per heavy atom. The van der Waals surface area contributed by atoms with Crippen LogP contribution in [-0.4, -0.2) is 25.5 Å². The maximum atomic E-state index is 12.3. The van der Waals surface area contributed by atoms with Crippen LogP contribution in [0.3, 0.4) is 0 Å². The molecule has 1 N–H and O–H groups in total. The molecule has 0 aliphatic heterocycles. The quantitative estimate of drug-likeness (QED) is 0.647. The monoisotopic (exact) mass is 403 g/mol. The number of nitrogens with one attached hydrogen (secondary N) is 1. The zero-order chi connectivity index (χ0) is 19.6. The SMILES string of the molecule is Cc1nn(Cc2ccc(Cl)cc2Cl)c(C)c1NC(=O)C=Cc1cnn(C)c1. The third-order valence-electron chi connectivity index (χ3n) is 4.12. The number of carbonyl (C=O) groups is 1. The van der Waals surface area contributed by atoms with Crippen molar-refractivity contribution in [2.24, 2.45) is 7.05 Å². The van der Waals surface area contributed by atoms with Crippen molar-refractivity contribution in [3.05, 3.63) is 69.2 Å². The van der Waals surface area contributed by atoms with Gasteiger partial charge >= 0.3 is 0 Å². The van der Waals surface area contributed by atoms with E-state index >= 15 is 0 Å². The fourth-order valence-electron chi connectivity index (χ4n) is 2.71. The van der Waals surface area contributed by atoms with Gasteiger partial charge in [-0.25, -0.2) is 0 Å². The number of rotatable bonds is 5. The molecule has 0 atom stereocenters. The lowest BCUT2D eigenvalue weighted by Gasteiger charge is -2.08. The van der Waals surface area contributed by atoms with Crippen molar-refractivity contribution < 1.29 is 4.79 Å². The molecular weight excluding hydrogens is 385 g/mol. The van der Waals surface area contributed by atoms with Gasteiger partial charge in [-0.2, -0.15) is 10.2 Å². The molecule has 0 saturated carbocycles. The molecular formula is C19H19Cl2N5O. The van der Waals surface area contributed by atoms with E-state index in [9.17, 15) is 4.79 Å². The molecule has 0 aliphatic carbocycles. The number of aryl methyl sites for hydroxylation is 2. The summed E-state index contributed by atoms with van der Waals surface area (Å²) < 4.78 is 3.49. The molecule has 0 bridgehead atoms. The minimum Gasteiger partial charge on any atom is -0.319 e. The number of hydrogen-bond donors (Lipinski definition) is 1. The van der Waals surface area contributed by atoms with Gasteiger partial charge in [-0.05, 0) is 37.6 Å². The lowest BCUT2D eigenvalue weighted by molar-refractivity contribution is -0.111. The molecule has 8 heteroatoms. The molecule has 1 amide bonds. The highest BCUT2D eigenvalue weighted by molar-refractivity contribution is 6.35. The minimum absolute atomic E-state index is 0.228. The molecule has 3 aromatic rings. The molecule has 3 rings (SSSR count). The van der Waals surface area contributed by atoms with Crippen LogP contribution in [0.4, 0.5) is 5.69 Å². The van der Waals surface area contributed by atoms with Crippen LogP contribution >= 0.6 is 23.2 Å². The number of aromatic nitrogens is 4. The third kappa shape index (κ3) is 4.59. The summed E-state index contributed by atoms with van der Waals surface area (Å²) in [7, 11) is 1.82. The number of hydrogen-bond acceptors (Lipinski definition) is 3. The summed E-state index contributed by atoms with van der Waals surface area (Å²) >= 11 is 12.2. The Morgan fingerprint density at radius 2 is 2.07 bits per heavy atom. The third-order valence-corrected chi connectivity index (χ3v) is 4.70. The molecule has 2 aromatic heterocycles. The Hall–Kier alpha value is -2.57. The van der Waals surface area contributed by atoms with Crippen LogP contribution in [-0.2, 0) is 18.4 Å². The van der Waals surface area contributed by atoms with E-state index in [0.717, 1.165) is 22.5 Å². The van der Waals surface area contributed by atoms with Gasteiger partial charge in [0.2, 0.25) is 5.91 Å². The van der Waals surface area contributed by atoms with Crippen LogP contribution in [0.15, 0.2) is 36.7 Å².